The zero-order valence-electron chi connectivity index (χ0n) is 14.9. The van der Waals surface area contributed by atoms with Gasteiger partial charge in [-0.05, 0) is 43.7 Å². The Hall–Kier alpha value is -1.59. The summed E-state index contributed by atoms with van der Waals surface area (Å²) in [6.07, 6.45) is 4.89. The van der Waals surface area contributed by atoms with E-state index in [1.807, 2.05) is 23.1 Å². The van der Waals surface area contributed by atoms with Crippen LogP contribution in [0.2, 0.25) is 0 Å². The van der Waals surface area contributed by atoms with E-state index in [1.54, 1.807) is 0 Å². The Kier molecular flexibility index (Phi) is 5.22. The van der Waals surface area contributed by atoms with E-state index in [2.05, 4.69) is 11.0 Å². The van der Waals surface area contributed by atoms with Gasteiger partial charge in [0.1, 0.15) is 0 Å². The van der Waals surface area contributed by atoms with Crippen LogP contribution in [0.3, 0.4) is 0 Å². The maximum Gasteiger partial charge on any atom is 0.256 e. The van der Waals surface area contributed by atoms with E-state index in [0.29, 0.717) is 5.92 Å². The van der Waals surface area contributed by atoms with Crippen molar-refractivity contribution in [1.29, 1.82) is 0 Å². The van der Waals surface area contributed by atoms with Gasteiger partial charge in [0.15, 0.2) is 0 Å². The molecule has 136 valence electrons. The number of benzene rings is 1. The van der Waals surface area contributed by atoms with Crippen LogP contribution in [-0.4, -0.2) is 62.9 Å². The molecule has 5 heteroatoms. The molecular formula is C20H28N2O3. The zero-order valence-corrected chi connectivity index (χ0v) is 14.9. The van der Waals surface area contributed by atoms with Crippen LogP contribution in [0.1, 0.15) is 36.0 Å². The molecule has 2 saturated heterocycles. The number of amides is 1. The van der Waals surface area contributed by atoms with Gasteiger partial charge >= 0.3 is 0 Å². The van der Waals surface area contributed by atoms with Crippen LogP contribution in [-0.2, 0) is 9.47 Å². The Bertz CT molecular complexity index is 590. The Morgan fingerprint density at radius 1 is 1.08 bits per heavy atom. The van der Waals surface area contributed by atoms with Crippen LogP contribution in [0, 0.1) is 5.92 Å². The number of carbonyl (C=O) groups is 1. The van der Waals surface area contributed by atoms with E-state index in [1.165, 1.54) is 12.8 Å². The molecule has 0 radical (unpaired) electrons. The van der Waals surface area contributed by atoms with Gasteiger partial charge in [0, 0.05) is 38.5 Å². The normalized spacial score (nSPS) is 23.7. The zero-order chi connectivity index (χ0) is 17.1. The van der Waals surface area contributed by atoms with Gasteiger partial charge < -0.3 is 19.3 Å². The molecule has 3 aliphatic rings. The number of carbonyl (C=O) groups excluding carboxylic acids is 1. The summed E-state index contributed by atoms with van der Waals surface area (Å²) in [6.45, 7) is 5.58. The predicted octanol–water partition coefficient (Wildman–Crippen LogP) is 2.55. The fourth-order valence-electron chi connectivity index (χ4n) is 3.79. The van der Waals surface area contributed by atoms with Crippen molar-refractivity contribution in [3.63, 3.8) is 0 Å². The average molecular weight is 344 g/mol. The van der Waals surface area contributed by atoms with Crippen LogP contribution < -0.4 is 4.90 Å². The number of morpholine rings is 1. The number of rotatable bonds is 6. The molecular weight excluding hydrogens is 316 g/mol. The Labute approximate surface area is 149 Å². The first-order valence-electron chi connectivity index (χ1n) is 9.64. The summed E-state index contributed by atoms with van der Waals surface area (Å²) >= 11 is 0. The molecule has 5 nitrogen and oxygen atoms in total. The first-order chi connectivity index (χ1) is 12.3. The number of ether oxygens (including phenoxy) is 2. The van der Waals surface area contributed by atoms with E-state index in [0.717, 1.165) is 70.1 Å². The Balaban J connectivity index is 1.53. The molecule has 0 N–H and O–H groups in total. The smallest absolute Gasteiger partial charge is 0.256 e. The second-order valence-electron chi connectivity index (χ2n) is 7.41. The highest BCUT2D eigenvalue weighted by Gasteiger charge is 2.31. The number of anilines is 1. The van der Waals surface area contributed by atoms with E-state index in [4.69, 9.17) is 9.47 Å². The van der Waals surface area contributed by atoms with Gasteiger partial charge in [0.05, 0.1) is 24.9 Å². The van der Waals surface area contributed by atoms with Crippen molar-refractivity contribution in [2.24, 2.45) is 5.92 Å². The molecule has 1 atom stereocenters. The van der Waals surface area contributed by atoms with Gasteiger partial charge in [0.25, 0.3) is 5.91 Å². The van der Waals surface area contributed by atoms with Crippen LogP contribution in [0.4, 0.5) is 5.69 Å². The summed E-state index contributed by atoms with van der Waals surface area (Å²) in [5, 5.41) is 0. The summed E-state index contributed by atoms with van der Waals surface area (Å²) in [7, 11) is 0. The van der Waals surface area contributed by atoms with Crippen molar-refractivity contribution in [1.82, 2.24) is 4.90 Å². The van der Waals surface area contributed by atoms with Crippen molar-refractivity contribution >= 4 is 11.6 Å². The predicted molar refractivity (Wildman–Crippen MR) is 97.1 cm³/mol. The number of para-hydroxylation sites is 1. The van der Waals surface area contributed by atoms with E-state index >= 15 is 0 Å². The van der Waals surface area contributed by atoms with Crippen molar-refractivity contribution in [2.45, 2.75) is 31.8 Å². The van der Waals surface area contributed by atoms with Crippen LogP contribution in [0.5, 0.6) is 0 Å². The molecule has 1 aromatic carbocycles. The minimum atomic E-state index is 0.157. The first kappa shape index (κ1) is 16.9. The topological polar surface area (TPSA) is 42.0 Å². The van der Waals surface area contributed by atoms with Crippen LogP contribution >= 0.6 is 0 Å². The monoisotopic (exact) mass is 344 g/mol. The highest BCUT2D eigenvalue weighted by molar-refractivity contribution is 6.00. The molecule has 3 fully saturated rings. The van der Waals surface area contributed by atoms with Crippen LogP contribution in [0.15, 0.2) is 24.3 Å². The number of nitrogens with zero attached hydrogens (tertiary/aromatic N) is 2. The SMILES string of the molecule is O=C(c1ccccc1N1CCOCC1)N(CC1CC1)CC1CCCO1. The third kappa shape index (κ3) is 4.15. The van der Waals surface area contributed by atoms with Crippen molar-refractivity contribution in [3.05, 3.63) is 29.8 Å². The number of hydrogen-bond donors (Lipinski definition) is 0. The maximum absolute atomic E-state index is 13.4. The minimum absolute atomic E-state index is 0.157. The van der Waals surface area contributed by atoms with Gasteiger partial charge in [-0.1, -0.05) is 12.1 Å². The molecule has 1 unspecified atom stereocenters. The molecule has 1 aromatic rings. The lowest BCUT2D eigenvalue weighted by molar-refractivity contribution is 0.0515. The molecule has 2 heterocycles. The third-order valence-electron chi connectivity index (χ3n) is 5.40. The van der Waals surface area contributed by atoms with Crippen molar-refractivity contribution in [2.75, 3.05) is 50.9 Å². The highest BCUT2D eigenvalue weighted by atomic mass is 16.5. The van der Waals surface area contributed by atoms with Crippen molar-refractivity contribution in [3.8, 4) is 0 Å². The van der Waals surface area contributed by atoms with E-state index in [-0.39, 0.29) is 12.0 Å². The van der Waals surface area contributed by atoms with Gasteiger partial charge in [-0.2, -0.15) is 0 Å². The molecule has 0 bridgehead atoms. The molecule has 1 saturated carbocycles. The summed E-state index contributed by atoms with van der Waals surface area (Å²) in [4.78, 5) is 17.7. The molecule has 0 aromatic heterocycles. The van der Waals surface area contributed by atoms with Crippen molar-refractivity contribution < 1.29 is 14.3 Å². The lowest BCUT2D eigenvalue weighted by atomic mass is 10.1. The van der Waals surface area contributed by atoms with Gasteiger partial charge in [-0.25, -0.2) is 0 Å². The summed E-state index contributed by atoms with van der Waals surface area (Å²) in [5.41, 5.74) is 1.87. The Morgan fingerprint density at radius 3 is 2.60 bits per heavy atom. The lowest BCUT2D eigenvalue weighted by Gasteiger charge is -2.32. The highest BCUT2D eigenvalue weighted by Crippen LogP contribution is 2.32. The van der Waals surface area contributed by atoms with E-state index < -0.39 is 0 Å². The molecule has 2 aliphatic heterocycles. The minimum Gasteiger partial charge on any atom is -0.378 e. The molecule has 25 heavy (non-hydrogen) atoms. The summed E-state index contributed by atoms with van der Waals surface area (Å²) in [6, 6.07) is 8.04. The van der Waals surface area contributed by atoms with Gasteiger partial charge in [-0.3, -0.25) is 4.79 Å². The third-order valence-corrected chi connectivity index (χ3v) is 5.40. The fourth-order valence-corrected chi connectivity index (χ4v) is 3.79. The largest absolute Gasteiger partial charge is 0.378 e. The lowest BCUT2D eigenvalue weighted by Crippen LogP contribution is -2.41. The average Bonchev–Trinajstić information content (AvgIpc) is 3.34. The Morgan fingerprint density at radius 2 is 1.88 bits per heavy atom. The standard InChI is InChI=1S/C20H28N2O3/c23-20(22(14-16-7-8-16)15-17-4-3-11-25-17)18-5-1-2-6-19(18)21-9-12-24-13-10-21/h1-2,5-6,16-17H,3-4,7-15H2. The van der Waals surface area contributed by atoms with E-state index in [9.17, 15) is 4.79 Å². The quantitative estimate of drug-likeness (QED) is 0.795. The van der Waals surface area contributed by atoms with Crippen LogP contribution in [0.25, 0.3) is 0 Å². The molecule has 4 rings (SSSR count). The molecule has 1 amide bonds. The maximum atomic E-state index is 13.4. The molecule has 0 spiro atoms. The summed E-state index contributed by atoms with van der Waals surface area (Å²) < 4.78 is 11.3. The molecule has 1 aliphatic carbocycles. The second kappa shape index (κ2) is 7.75. The first-order valence-corrected chi connectivity index (χ1v) is 9.64. The van der Waals surface area contributed by atoms with Gasteiger partial charge in [0.2, 0.25) is 0 Å². The van der Waals surface area contributed by atoms with Gasteiger partial charge in [-0.15, -0.1) is 0 Å². The summed E-state index contributed by atoms with van der Waals surface area (Å²) in [5.74, 6) is 0.838. The fraction of sp³-hybridized carbons (Fsp3) is 0.650. The second-order valence-corrected chi connectivity index (χ2v) is 7.41. The number of hydrogen-bond acceptors (Lipinski definition) is 4.